The lowest BCUT2D eigenvalue weighted by atomic mass is 9.77. The molecule has 0 aliphatic carbocycles. The van der Waals surface area contributed by atoms with Gasteiger partial charge in [0.05, 0.1) is 22.9 Å². The van der Waals surface area contributed by atoms with Crippen LogP contribution >= 0.6 is 0 Å². The maximum Gasteiger partial charge on any atom is 0.495 e. The second-order valence-electron chi connectivity index (χ2n) is 6.16. The summed E-state index contributed by atoms with van der Waals surface area (Å²) in [5, 5.41) is 0.728. The number of hydrogen-bond donors (Lipinski definition) is 0. The van der Waals surface area contributed by atoms with E-state index in [0.717, 1.165) is 16.4 Å². The molecule has 2 heterocycles. The van der Waals surface area contributed by atoms with Crippen LogP contribution in [0.25, 0.3) is 10.9 Å². The van der Waals surface area contributed by atoms with Crippen molar-refractivity contribution in [1.82, 2.24) is 4.98 Å². The summed E-state index contributed by atoms with van der Waals surface area (Å²) in [5.74, 6) is -0.360. The highest BCUT2D eigenvalue weighted by Crippen LogP contribution is 2.36. The number of rotatable bonds is 1. The zero-order valence-electron chi connectivity index (χ0n) is 12.1. The maximum atomic E-state index is 13.5. The minimum atomic E-state index is -0.507. The van der Waals surface area contributed by atoms with Gasteiger partial charge in [-0.3, -0.25) is 4.98 Å². The Hall–Kier alpha value is -1.46. The summed E-state index contributed by atoms with van der Waals surface area (Å²) in [7, 11) is -0.507. The van der Waals surface area contributed by atoms with E-state index < -0.39 is 18.3 Å². The predicted octanol–water partition coefficient (Wildman–Crippen LogP) is 2.67. The van der Waals surface area contributed by atoms with Gasteiger partial charge in [0.15, 0.2) is 0 Å². The maximum absolute atomic E-state index is 13.5. The summed E-state index contributed by atoms with van der Waals surface area (Å²) in [4.78, 5) is 4.10. The first-order valence-electron chi connectivity index (χ1n) is 6.70. The molecule has 3 nitrogen and oxygen atoms in total. The van der Waals surface area contributed by atoms with E-state index in [-0.39, 0.29) is 5.82 Å². The van der Waals surface area contributed by atoms with Crippen LogP contribution in [0.4, 0.5) is 4.39 Å². The van der Waals surface area contributed by atoms with Crippen molar-refractivity contribution in [1.29, 1.82) is 0 Å². The second kappa shape index (κ2) is 4.27. The van der Waals surface area contributed by atoms with E-state index in [2.05, 4.69) is 4.98 Å². The van der Waals surface area contributed by atoms with Gasteiger partial charge in [0.25, 0.3) is 0 Å². The van der Waals surface area contributed by atoms with Gasteiger partial charge < -0.3 is 9.31 Å². The minimum absolute atomic E-state index is 0.360. The van der Waals surface area contributed by atoms with Crippen molar-refractivity contribution in [3.8, 4) is 0 Å². The van der Waals surface area contributed by atoms with Crippen LogP contribution in [0, 0.1) is 5.82 Å². The Bertz CT molecular complexity index is 656. The molecule has 0 radical (unpaired) electrons. The number of aromatic nitrogens is 1. The first-order valence-corrected chi connectivity index (χ1v) is 6.70. The Balaban J connectivity index is 2.10. The van der Waals surface area contributed by atoms with Crippen LogP contribution in [0.2, 0.25) is 0 Å². The number of fused-ring (bicyclic) bond motifs is 1. The van der Waals surface area contributed by atoms with Crippen molar-refractivity contribution in [2.75, 3.05) is 0 Å². The molecule has 0 spiro atoms. The normalized spacial score (nSPS) is 20.6. The molecule has 2 aromatic rings. The highest BCUT2D eigenvalue weighted by molar-refractivity contribution is 6.65. The summed E-state index contributed by atoms with van der Waals surface area (Å²) in [5.41, 5.74) is 0.716. The Labute approximate surface area is 118 Å². The van der Waals surface area contributed by atoms with Crippen LogP contribution in [0.5, 0.6) is 0 Å². The van der Waals surface area contributed by atoms with Crippen LogP contribution in [0.3, 0.4) is 0 Å². The molecule has 3 rings (SSSR count). The number of benzene rings is 1. The Morgan fingerprint density at radius 2 is 1.75 bits per heavy atom. The van der Waals surface area contributed by atoms with Crippen molar-refractivity contribution in [3.05, 3.63) is 36.3 Å². The molecule has 20 heavy (non-hydrogen) atoms. The minimum Gasteiger partial charge on any atom is -0.399 e. The lowest BCUT2D eigenvalue weighted by Crippen LogP contribution is -2.41. The van der Waals surface area contributed by atoms with Gasteiger partial charge in [0.1, 0.15) is 5.82 Å². The zero-order chi connectivity index (χ0) is 14.5. The molecule has 5 heteroatoms. The molecule has 1 aromatic heterocycles. The summed E-state index contributed by atoms with van der Waals surface area (Å²) < 4.78 is 25.5. The second-order valence-corrected chi connectivity index (χ2v) is 6.16. The molecular weight excluding hydrogens is 256 g/mol. The highest BCUT2D eigenvalue weighted by atomic mass is 19.1. The van der Waals surface area contributed by atoms with Crippen molar-refractivity contribution in [3.63, 3.8) is 0 Å². The monoisotopic (exact) mass is 273 g/mol. The summed E-state index contributed by atoms with van der Waals surface area (Å²) in [6.45, 7) is 7.99. The first kappa shape index (κ1) is 13.5. The van der Waals surface area contributed by atoms with Gasteiger partial charge in [-0.05, 0) is 45.3 Å². The molecule has 0 unspecified atom stereocenters. The smallest absolute Gasteiger partial charge is 0.399 e. The van der Waals surface area contributed by atoms with Gasteiger partial charge in [-0.1, -0.05) is 12.1 Å². The van der Waals surface area contributed by atoms with Crippen molar-refractivity contribution < 1.29 is 13.7 Å². The largest absolute Gasteiger partial charge is 0.495 e. The van der Waals surface area contributed by atoms with Gasteiger partial charge in [-0.15, -0.1) is 0 Å². The number of nitrogens with zero attached hydrogens (tertiary/aromatic N) is 1. The van der Waals surface area contributed by atoms with Crippen LogP contribution < -0.4 is 5.46 Å². The Kier molecular flexibility index (Phi) is 2.89. The first-order chi connectivity index (χ1) is 9.30. The van der Waals surface area contributed by atoms with Gasteiger partial charge in [-0.2, -0.15) is 0 Å². The third kappa shape index (κ3) is 2.01. The van der Waals surface area contributed by atoms with E-state index in [9.17, 15) is 4.39 Å². The molecule has 0 N–H and O–H groups in total. The van der Waals surface area contributed by atoms with Crippen LogP contribution in [0.1, 0.15) is 27.7 Å². The van der Waals surface area contributed by atoms with Gasteiger partial charge in [0.2, 0.25) is 0 Å². The van der Waals surface area contributed by atoms with Crippen LogP contribution in [-0.4, -0.2) is 23.3 Å². The molecule has 1 aromatic carbocycles. The number of hydrogen-bond acceptors (Lipinski definition) is 3. The van der Waals surface area contributed by atoms with Crippen molar-refractivity contribution in [2.45, 2.75) is 38.9 Å². The molecule has 0 amide bonds. The predicted molar refractivity (Wildman–Crippen MR) is 77.4 cm³/mol. The van der Waals surface area contributed by atoms with E-state index in [1.165, 1.54) is 12.3 Å². The Morgan fingerprint density at radius 1 is 1.10 bits per heavy atom. The summed E-state index contributed by atoms with van der Waals surface area (Å²) in [6, 6.07) is 7.10. The van der Waals surface area contributed by atoms with E-state index in [1.54, 1.807) is 0 Å². The quantitative estimate of drug-likeness (QED) is 0.748. The van der Waals surface area contributed by atoms with Gasteiger partial charge in [-0.25, -0.2) is 4.39 Å². The van der Waals surface area contributed by atoms with E-state index >= 15 is 0 Å². The molecule has 1 aliphatic rings. The van der Waals surface area contributed by atoms with Crippen LogP contribution in [0.15, 0.2) is 30.5 Å². The van der Waals surface area contributed by atoms with E-state index in [4.69, 9.17) is 9.31 Å². The topological polar surface area (TPSA) is 31.4 Å². The fourth-order valence-electron chi connectivity index (χ4n) is 2.32. The fourth-order valence-corrected chi connectivity index (χ4v) is 2.32. The fraction of sp³-hybridized carbons (Fsp3) is 0.400. The van der Waals surface area contributed by atoms with E-state index in [1.807, 2.05) is 45.9 Å². The zero-order valence-corrected chi connectivity index (χ0v) is 12.1. The SMILES string of the molecule is CC1(C)OB(c2cccc3ncc(F)cc23)OC1(C)C. The molecule has 0 bridgehead atoms. The average Bonchev–Trinajstić information content (AvgIpc) is 2.57. The molecule has 104 valence electrons. The van der Waals surface area contributed by atoms with Gasteiger partial charge >= 0.3 is 7.12 Å². The lowest BCUT2D eigenvalue weighted by Gasteiger charge is -2.32. The summed E-state index contributed by atoms with van der Waals surface area (Å²) in [6.07, 6.45) is 1.22. The standard InChI is InChI=1S/C15H17BFNO2/c1-14(2)15(3,4)20-16(19-14)12-6-5-7-13-11(12)8-10(17)9-18-13/h5-9H,1-4H3. The molecule has 0 saturated carbocycles. The Morgan fingerprint density at radius 3 is 2.40 bits per heavy atom. The van der Waals surface area contributed by atoms with Crippen molar-refractivity contribution >= 4 is 23.5 Å². The van der Waals surface area contributed by atoms with Gasteiger partial charge in [0, 0.05) is 5.39 Å². The number of halogens is 1. The highest BCUT2D eigenvalue weighted by Gasteiger charge is 2.52. The van der Waals surface area contributed by atoms with E-state index in [0.29, 0.717) is 0 Å². The molecule has 1 fully saturated rings. The molecule has 1 aliphatic heterocycles. The number of pyridine rings is 1. The summed E-state index contributed by atoms with van der Waals surface area (Å²) >= 11 is 0. The molecular formula is C15H17BFNO2. The lowest BCUT2D eigenvalue weighted by molar-refractivity contribution is 0.00578. The third-order valence-electron chi connectivity index (χ3n) is 4.23. The average molecular weight is 273 g/mol. The molecule has 1 saturated heterocycles. The third-order valence-corrected chi connectivity index (χ3v) is 4.23. The van der Waals surface area contributed by atoms with Crippen LogP contribution in [-0.2, 0) is 9.31 Å². The van der Waals surface area contributed by atoms with Crippen molar-refractivity contribution in [2.24, 2.45) is 0 Å². The molecule has 0 atom stereocenters.